The van der Waals surface area contributed by atoms with Gasteiger partial charge in [0.25, 0.3) is 0 Å². The van der Waals surface area contributed by atoms with E-state index in [0.717, 1.165) is 30.7 Å². The molecule has 0 spiro atoms. The Labute approximate surface area is 153 Å². The van der Waals surface area contributed by atoms with E-state index in [1.807, 2.05) is 13.8 Å². The Bertz CT molecular complexity index is 865. The first kappa shape index (κ1) is 19.9. The van der Waals surface area contributed by atoms with Gasteiger partial charge in [-0.05, 0) is 43.7 Å². The molecule has 2 aromatic carbocycles. The van der Waals surface area contributed by atoms with Crippen LogP contribution < -0.4 is 4.18 Å². The van der Waals surface area contributed by atoms with Gasteiger partial charge in [0, 0.05) is 25.1 Å². The number of halogens is 1. The molecule has 1 atom stereocenters. The van der Waals surface area contributed by atoms with Crippen molar-refractivity contribution in [2.75, 3.05) is 0 Å². The maximum absolute atomic E-state index is 13.0. The van der Waals surface area contributed by atoms with Gasteiger partial charge in [0.2, 0.25) is 5.91 Å². The zero-order valence-electron chi connectivity index (χ0n) is 15.0. The standard InChI is InChI=1S/C19H22FNO4S/c1-4-14(2)21(15(3)22)13-16-7-5-6-8-19(16)25-26(23,24)18-11-9-17(20)10-12-18/h5-12,14H,4,13H2,1-3H3/t14-/m0/s1. The average molecular weight is 379 g/mol. The molecule has 0 radical (unpaired) electrons. The number of nitrogens with zero attached hydrogens (tertiary/aromatic N) is 1. The van der Waals surface area contributed by atoms with E-state index in [1.165, 1.54) is 13.0 Å². The van der Waals surface area contributed by atoms with E-state index in [1.54, 1.807) is 23.1 Å². The predicted molar refractivity (Wildman–Crippen MR) is 96.6 cm³/mol. The zero-order valence-corrected chi connectivity index (χ0v) is 15.8. The molecule has 0 aliphatic carbocycles. The number of rotatable bonds is 7. The molecule has 0 heterocycles. The minimum Gasteiger partial charge on any atom is -0.379 e. The number of amides is 1. The highest BCUT2D eigenvalue weighted by atomic mass is 32.2. The number of carbonyl (C=O) groups is 1. The van der Waals surface area contributed by atoms with E-state index in [0.29, 0.717) is 5.56 Å². The van der Waals surface area contributed by atoms with Crippen LogP contribution in [0.25, 0.3) is 0 Å². The van der Waals surface area contributed by atoms with E-state index >= 15 is 0 Å². The summed E-state index contributed by atoms with van der Waals surface area (Å²) >= 11 is 0. The van der Waals surface area contributed by atoms with Crippen LogP contribution in [-0.4, -0.2) is 25.3 Å². The van der Waals surface area contributed by atoms with Crippen molar-refractivity contribution in [2.24, 2.45) is 0 Å². The smallest absolute Gasteiger partial charge is 0.339 e. The van der Waals surface area contributed by atoms with Gasteiger partial charge in [0.15, 0.2) is 0 Å². The van der Waals surface area contributed by atoms with Gasteiger partial charge in [0.1, 0.15) is 16.5 Å². The minimum atomic E-state index is -4.10. The fourth-order valence-electron chi connectivity index (χ4n) is 2.46. The molecule has 0 aromatic heterocycles. The summed E-state index contributed by atoms with van der Waals surface area (Å²) in [6.45, 7) is 5.62. The molecule has 26 heavy (non-hydrogen) atoms. The molecule has 0 bridgehead atoms. The van der Waals surface area contributed by atoms with Crippen molar-refractivity contribution in [3.05, 3.63) is 59.9 Å². The molecule has 5 nitrogen and oxygen atoms in total. The second kappa shape index (κ2) is 8.31. The lowest BCUT2D eigenvalue weighted by atomic mass is 10.1. The molecule has 2 rings (SSSR count). The molecule has 0 fully saturated rings. The quantitative estimate of drug-likeness (QED) is 0.688. The Balaban J connectivity index is 2.31. The fourth-order valence-corrected chi connectivity index (χ4v) is 3.43. The Morgan fingerprint density at radius 3 is 2.35 bits per heavy atom. The van der Waals surface area contributed by atoms with Crippen LogP contribution in [0.3, 0.4) is 0 Å². The molecule has 0 aliphatic heterocycles. The molecule has 2 aromatic rings. The molecule has 0 saturated heterocycles. The summed E-state index contributed by atoms with van der Waals surface area (Å²) < 4.78 is 43.2. The second-order valence-corrected chi connectivity index (χ2v) is 7.55. The van der Waals surface area contributed by atoms with Crippen LogP contribution in [0.1, 0.15) is 32.8 Å². The van der Waals surface area contributed by atoms with Crippen LogP contribution in [0.2, 0.25) is 0 Å². The number of para-hydroxylation sites is 1. The maximum Gasteiger partial charge on any atom is 0.339 e. The van der Waals surface area contributed by atoms with Gasteiger partial charge in [-0.1, -0.05) is 25.1 Å². The van der Waals surface area contributed by atoms with Gasteiger partial charge in [-0.15, -0.1) is 0 Å². The summed E-state index contributed by atoms with van der Waals surface area (Å²) in [5.74, 6) is -0.489. The third-order valence-corrected chi connectivity index (χ3v) is 5.39. The Hall–Kier alpha value is -2.41. The van der Waals surface area contributed by atoms with Crippen LogP contribution in [0, 0.1) is 5.82 Å². The van der Waals surface area contributed by atoms with Crippen LogP contribution in [0.4, 0.5) is 4.39 Å². The molecule has 0 saturated carbocycles. The summed E-state index contributed by atoms with van der Waals surface area (Å²) in [5, 5.41) is 0. The highest BCUT2D eigenvalue weighted by Gasteiger charge is 2.21. The number of benzene rings is 2. The van der Waals surface area contributed by atoms with Gasteiger partial charge in [0.05, 0.1) is 0 Å². The summed E-state index contributed by atoms with van der Waals surface area (Å²) in [5.41, 5.74) is 0.577. The summed E-state index contributed by atoms with van der Waals surface area (Å²) in [4.78, 5) is 13.4. The molecule has 0 N–H and O–H groups in total. The van der Waals surface area contributed by atoms with Gasteiger partial charge < -0.3 is 9.08 Å². The lowest BCUT2D eigenvalue weighted by Crippen LogP contribution is -2.36. The van der Waals surface area contributed by atoms with Gasteiger partial charge in [-0.25, -0.2) is 4.39 Å². The van der Waals surface area contributed by atoms with Crippen molar-refractivity contribution in [2.45, 2.75) is 44.7 Å². The normalized spacial score (nSPS) is 12.5. The second-order valence-electron chi connectivity index (χ2n) is 6.00. The molecule has 1 amide bonds. The van der Waals surface area contributed by atoms with Crippen molar-refractivity contribution in [3.63, 3.8) is 0 Å². The summed E-state index contributed by atoms with van der Waals surface area (Å²) in [6.07, 6.45) is 0.774. The van der Waals surface area contributed by atoms with Gasteiger partial charge >= 0.3 is 10.1 Å². The number of hydrogen-bond donors (Lipinski definition) is 0. The first-order valence-corrected chi connectivity index (χ1v) is 9.70. The van der Waals surface area contributed by atoms with Crippen LogP contribution in [0.5, 0.6) is 5.75 Å². The van der Waals surface area contributed by atoms with E-state index < -0.39 is 15.9 Å². The van der Waals surface area contributed by atoms with Crippen LogP contribution in [0.15, 0.2) is 53.4 Å². The van der Waals surface area contributed by atoms with E-state index in [-0.39, 0.29) is 29.1 Å². The fraction of sp³-hybridized carbons (Fsp3) is 0.316. The first-order valence-electron chi connectivity index (χ1n) is 8.29. The van der Waals surface area contributed by atoms with Crippen molar-refractivity contribution in [1.82, 2.24) is 4.90 Å². The van der Waals surface area contributed by atoms with Crippen molar-refractivity contribution in [3.8, 4) is 5.75 Å². The van der Waals surface area contributed by atoms with Crippen LogP contribution >= 0.6 is 0 Å². The number of carbonyl (C=O) groups excluding carboxylic acids is 1. The van der Waals surface area contributed by atoms with Gasteiger partial charge in [-0.3, -0.25) is 4.79 Å². The largest absolute Gasteiger partial charge is 0.379 e. The third-order valence-electron chi connectivity index (χ3n) is 4.14. The lowest BCUT2D eigenvalue weighted by molar-refractivity contribution is -0.131. The van der Waals surface area contributed by atoms with E-state index in [9.17, 15) is 17.6 Å². The average Bonchev–Trinajstić information content (AvgIpc) is 2.60. The monoisotopic (exact) mass is 379 g/mol. The topological polar surface area (TPSA) is 63.7 Å². The highest BCUT2D eigenvalue weighted by Crippen LogP contribution is 2.25. The summed E-state index contributed by atoms with van der Waals surface area (Å²) in [7, 11) is -4.10. The molecule has 0 unspecified atom stereocenters. The third kappa shape index (κ3) is 4.82. The zero-order chi connectivity index (χ0) is 19.3. The van der Waals surface area contributed by atoms with Crippen LogP contribution in [-0.2, 0) is 21.5 Å². The lowest BCUT2D eigenvalue weighted by Gasteiger charge is -2.28. The molecular weight excluding hydrogens is 357 g/mol. The van der Waals surface area contributed by atoms with E-state index in [4.69, 9.17) is 4.18 Å². The SMILES string of the molecule is CC[C@H](C)N(Cc1ccccc1OS(=O)(=O)c1ccc(F)cc1)C(C)=O. The van der Waals surface area contributed by atoms with Crippen molar-refractivity contribution in [1.29, 1.82) is 0 Å². The molecule has 7 heteroatoms. The Morgan fingerprint density at radius 2 is 1.77 bits per heavy atom. The highest BCUT2D eigenvalue weighted by molar-refractivity contribution is 7.87. The molecular formula is C19H22FNO4S. The molecule has 0 aliphatic rings. The first-order chi connectivity index (χ1) is 12.2. The Morgan fingerprint density at radius 1 is 1.15 bits per heavy atom. The molecule has 140 valence electrons. The van der Waals surface area contributed by atoms with E-state index in [2.05, 4.69) is 0 Å². The Kier molecular flexibility index (Phi) is 6.37. The number of hydrogen-bond acceptors (Lipinski definition) is 4. The predicted octanol–water partition coefficient (Wildman–Crippen LogP) is 3.74. The van der Waals surface area contributed by atoms with Crippen molar-refractivity contribution >= 4 is 16.0 Å². The van der Waals surface area contributed by atoms with Gasteiger partial charge in [-0.2, -0.15) is 8.42 Å². The summed E-state index contributed by atoms with van der Waals surface area (Å²) in [6, 6.07) is 11.1. The maximum atomic E-state index is 13.0. The van der Waals surface area contributed by atoms with Crippen molar-refractivity contribution < 1.29 is 21.8 Å². The minimum absolute atomic E-state index is 0.00858.